The molecule has 3 atom stereocenters. The summed E-state index contributed by atoms with van der Waals surface area (Å²) < 4.78 is 33.5. The lowest BCUT2D eigenvalue weighted by molar-refractivity contribution is -0.121. The predicted molar refractivity (Wildman–Crippen MR) is 95.3 cm³/mol. The largest absolute Gasteiger partial charge is 0.379 e. The number of allylic oxidation sites excluding steroid dienone is 1. The molecule has 4 rings (SSSR count). The standard InChI is InChI=1S/C18H21F2N3O2S/c19-12-2-1-3-13(20)17(12)10-6-15-14(22-18(26)23(15)8-10)7-16(24)21-11-4-5-25-9-11/h1-3,10-11,18,22,26H,4-9H2,(H,21,24)/t10-,11+,18?/m0/s1. The topological polar surface area (TPSA) is 53.6 Å². The molecule has 2 N–H and O–H groups in total. The van der Waals surface area contributed by atoms with Gasteiger partial charge in [0.2, 0.25) is 5.91 Å². The van der Waals surface area contributed by atoms with Crippen molar-refractivity contribution in [2.45, 2.75) is 36.7 Å². The summed E-state index contributed by atoms with van der Waals surface area (Å²) in [7, 11) is 0. The van der Waals surface area contributed by atoms with Gasteiger partial charge in [0.25, 0.3) is 0 Å². The number of carbonyl (C=O) groups is 1. The van der Waals surface area contributed by atoms with Gasteiger partial charge in [-0.2, -0.15) is 0 Å². The summed E-state index contributed by atoms with van der Waals surface area (Å²) in [5.41, 5.74) is 1.51. The lowest BCUT2D eigenvalue weighted by atomic mass is 9.96. The molecule has 3 aliphatic rings. The van der Waals surface area contributed by atoms with Crippen LogP contribution in [0.25, 0.3) is 0 Å². The maximum atomic E-state index is 14.1. The first-order valence-electron chi connectivity index (χ1n) is 8.77. The molecule has 26 heavy (non-hydrogen) atoms. The first-order valence-corrected chi connectivity index (χ1v) is 9.29. The van der Waals surface area contributed by atoms with Gasteiger partial charge in [-0.1, -0.05) is 6.07 Å². The number of halogens is 2. The van der Waals surface area contributed by atoms with Crippen molar-refractivity contribution >= 4 is 18.5 Å². The molecule has 3 aliphatic heterocycles. The van der Waals surface area contributed by atoms with Crippen LogP contribution in [0.15, 0.2) is 29.6 Å². The van der Waals surface area contributed by atoms with E-state index in [1.807, 2.05) is 4.90 Å². The van der Waals surface area contributed by atoms with Crippen LogP contribution in [0.4, 0.5) is 8.78 Å². The van der Waals surface area contributed by atoms with Crippen LogP contribution < -0.4 is 10.6 Å². The molecular formula is C18H21F2N3O2S. The van der Waals surface area contributed by atoms with Crippen LogP contribution in [0.2, 0.25) is 0 Å². The van der Waals surface area contributed by atoms with E-state index in [0.29, 0.717) is 26.2 Å². The number of thiol groups is 1. The van der Waals surface area contributed by atoms with Crippen molar-refractivity contribution in [1.29, 1.82) is 0 Å². The second-order valence-corrected chi connectivity index (χ2v) is 7.43. The maximum Gasteiger partial charge on any atom is 0.226 e. The number of hydrogen-bond donors (Lipinski definition) is 3. The fraction of sp³-hybridized carbons (Fsp3) is 0.500. The number of nitrogens with zero attached hydrogens (tertiary/aromatic N) is 1. The summed E-state index contributed by atoms with van der Waals surface area (Å²) in [4.78, 5) is 14.3. The summed E-state index contributed by atoms with van der Waals surface area (Å²) in [5.74, 6) is -1.43. The first-order chi connectivity index (χ1) is 12.5. The molecule has 0 radical (unpaired) electrons. The van der Waals surface area contributed by atoms with Crippen molar-refractivity contribution in [2.24, 2.45) is 0 Å². The van der Waals surface area contributed by atoms with Gasteiger partial charge in [0.1, 0.15) is 17.1 Å². The summed E-state index contributed by atoms with van der Waals surface area (Å²) in [6.45, 7) is 1.68. The number of nitrogens with one attached hydrogen (secondary N) is 2. The lowest BCUT2D eigenvalue weighted by Crippen LogP contribution is -2.36. The normalized spacial score (nSPS) is 27.7. The zero-order valence-electron chi connectivity index (χ0n) is 14.2. The van der Waals surface area contributed by atoms with E-state index in [1.54, 1.807) is 0 Å². The summed E-state index contributed by atoms with van der Waals surface area (Å²) in [6, 6.07) is 3.99. The van der Waals surface area contributed by atoms with Gasteiger partial charge in [-0.05, 0) is 25.0 Å². The van der Waals surface area contributed by atoms with Crippen molar-refractivity contribution in [3.05, 3.63) is 46.8 Å². The minimum absolute atomic E-state index is 0.0567. The quantitative estimate of drug-likeness (QED) is 0.699. The Hall–Kier alpha value is -1.80. The first kappa shape index (κ1) is 17.6. The molecule has 140 valence electrons. The van der Waals surface area contributed by atoms with Crippen LogP contribution in [0, 0.1) is 11.6 Å². The number of amides is 1. The number of fused-ring (bicyclic) bond motifs is 1. The van der Waals surface area contributed by atoms with Crippen molar-refractivity contribution in [2.75, 3.05) is 19.8 Å². The molecule has 1 aromatic rings. The Labute approximate surface area is 156 Å². The lowest BCUT2D eigenvalue weighted by Gasteiger charge is -2.21. The molecule has 3 heterocycles. The molecule has 0 saturated carbocycles. The monoisotopic (exact) mass is 381 g/mol. The Morgan fingerprint density at radius 3 is 2.85 bits per heavy atom. The SMILES string of the molecule is O=C(CC1=C2C[C@H](c3c(F)cccc3F)CN2C(S)N1)N[C@@H]1CCOC1. The van der Waals surface area contributed by atoms with Crippen LogP contribution in [-0.2, 0) is 9.53 Å². The third-order valence-electron chi connectivity index (χ3n) is 5.19. The van der Waals surface area contributed by atoms with Gasteiger partial charge in [0.15, 0.2) is 0 Å². The second-order valence-electron chi connectivity index (χ2n) is 6.94. The molecule has 1 unspecified atom stereocenters. The number of rotatable bonds is 4. The van der Waals surface area contributed by atoms with Crippen LogP contribution in [0.1, 0.15) is 30.7 Å². The fourth-order valence-corrected chi connectivity index (χ4v) is 4.35. The Morgan fingerprint density at radius 1 is 1.38 bits per heavy atom. The van der Waals surface area contributed by atoms with Crippen LogP contribution in [-0.4, -0.2) is 42.1 Å². The highest BCUT2D eigenvalue weighted by molar-refractivity contribution is 7.80. The predicted octanol–water partition coefficient (Wildman–Crippen LogP) is 2.08. The Bertz CT molecular complexity index is 732. The van der Waals surface area contributed by atoms with Gasteiger partial charge >= 0.3 is 0 Å². The van der Waals surface area contributed by atoms with Crippen molar-refractivity contribution < 1.29 is 18.3 Å². The van der Waals surface area contributed by atoms with E-state index < -0.39 is 11.6 Å². The third-order valence-corrected chi connectivity index (χ3v) is 5.60. The van der Waals surface area contributed by atoms with E-state index in [0.717, 1.165) is 17.8 Å². The van der Waals surface area contributed by atoms with Crippen molar-refractivity contribution in [1.82, 2.24) is 15.5 Å². The van der Waals surface area contributed by atoms with E-state index in [4.69, 9.17) is 4.74 Å². The third kappa shape index (κ3) is 3.27. The summed E-state index contributed by atoms with van der Waals surface area (Å²) >= 11 is 4.50. The van der Waals surface area contributed by atoms with Crippen LogP contribution in [0.5, 0.6) is 0 Å². The van der Waals surface area contributed by atoms with Crippen LogP contribution in [0.3, 0.4) is 0 Å². The van der Waals surface area contributed by atoms with Gasteiger partial charge in [0.05, 0.1) is 19.1 Å². The second kappa shape index (κ2) is 7.08. The zero-order valence-corrected chi connectivity index (χ0v) is 15.1. The van der Waals surface area contributed by atoms with Gasteiger partial charge in [-0.25, -0.2) is 8.78 Å². The molecule has 5 nitrogen and oxygen atoms in total. The highest BCUT2D eigenvalue weighted by Crippen LogP contribution is 2.42. The maximum absolute atomic E-state index is 14.1. The highest BCUT2D eigenvalue weighted by Gasteiger charge is 2.40. The van der Waals surface area contributed by atoms with Crippen molar-refractivity contribution in [3.63, 3.8) is 0 Å². The fourth-order valence-electron chi connectivity index (χ4n) is 3.96. The number of carbonyl (C=O) groups excluding carboxylic acids is 1. The van der Waals surface area contributed by atoms with Gasteiger partial charge in [-0.3, -0.25) is 4.79 Å². The van der Waals surface area contributed by atoms with Crippen molar-refractivity contribution in [3.8, 4) is 0 Å². The molecule has 2 saturated heterocycles. The number of benzene rings is 1. The van der Waals surface area contributed by atoms with E-state index in [9.17, 15) is 13.6 Å². The number of hydrogen-bond acceptors (Lipinski definition) is 5. The molecule has 0 spiro atoms. The highest BCUT2D eigenvalue weighted by atomic mass is 32.1. The minimum atomic E-state index is -0.527. The summed E-state index contributed by atoms with van der Waals surface area (Å²) in [5, 5.41) is 6.16. The molecular weight excluding hydrogens is 360 g/mol. The minimum Gasteiger partial charge on any atom is -0.379 e. The van der Waals surface area contributed by atoms with E-state index in [1.165, 1.54) is 18.2 Å². The smallest absolute Gasteiger partial charge is 0.226 e. The average molecular weight is 381 g/mol. The Kier molecular flexibility index (Phi) is 4.79. The van der Waals surface area contributed by atoms with Gasteiger partial charge < -0.3 is 20.3 Å². The molecule has 2 fully saturated rings. The molecule has 1 amide bonds. The number of ether oxygens (including phenoxy) is 1. The van der Waals surface area contributed by atoms with Gasteiger partial charge in [0, 0.05) is 36.0 Å². The van der Waals surface area contributed by atoms with E-state index >= 15 is 0 Å². The Balaban J connectivity index is 1.50. The van der Waals surface area contributed by atoms with Crippen LogP contribution >= 0.6 is 12.6 Å². The van der Waals surface area contributed by atoms with Gasteiger partial charge in [-0.15, -0.1) is 12.6 Å². The molecule has 0 aliphatic carbocycles. The van der Waals surface area contributed by atoms with E-state index in [2.05, 4.69) is 23.3 Å². The summed E-state index contributed by atoms with van der Waals surface area (Å²) in [6.07, 6.45) is 1.50. The molecule has 1 aromatic carbocycles. The van der Waals surface area contributed by atoms with E-state index in [-0.39, 0.29) is 35.3 Å². The molecule has 0 aromatic heterocycles. The Morgan fingerprint density at radius 2 is 2.15 bits per heavy atom. The average Bonchev–Trinajstić information content (AvgIpc) is 3.28. The molecule has 8 heteroatoms. The zero-order chi connectivity index (χ0) is 18.3. The molecule has 0 bridgehead atoms.